The lowest BCUT2D eigenvalue weighted by atomic mass is 9.98. The van der Waals surface area contributed by atoms with Gasteiger partial charge in [0.1, 0.15) is 0 Å². The first-order chi connectivity index (χ1) is 8.85. The molecule has 4 nitrogen and oxygen atoms in total. The highest BCUT2D eigenvalue weighted by Gasteiger charge is 2.33. The maximum Gasteiger partial charge on any atom is 0.241 e. The normalized spacial score (nSPS) is 27.9. The Balaban J connectivity index is 2.20. The van der Waals surface area contributed by atoms with Gasteiger partial charge in [0.25, 0.3) is 0 Å². The van der Waals surface area contributed by atoms with Gasteiger partial charge in [0.15, 0.2) is 0 Å². The molecule has 3 N–H and O–H groups in total. The summed E-state index contributed by atoms with van der Waals surface area (Å²) in [5.74, 6) is 0.971. The largest absolute Gasteiger partial charge is 0.326 e. The summed E-state index contributed by atoms with van der Waals surface area (Å²) in [4.78, 5) is 2.11. The Hall–Kier alpha value is -0.430. The molecule has 108 valence electrons. The number of nitrogens with two attached hydrogens (primary N) is 1. The minimum atomic E-state index is -3.42. The minimum absolute atomic E-state index is 0.0561. The molecule has 1 fully saturated rings. The minimum Gasteiger partial charge on any atom is -0.326 e. The second-order valence-electron chi connectivity index (χ2n) is 5.48. The van der Waals surface area contributed by atoms with E-state index in [2.05, 4.69) is 18.6 Å². The second-order valence-corrected chi connectivity index (χ2v) is 8.50. The summed E-state index contributed by atoms with van der Waals surface area (Å²) >= 11 is 1.46. The van der Waals surface area contributed by atoms with Crippen LogP contribution in [0.1, 0.15) is 36.4 Å². The van der Waals surface area contributed by atoms with Gasteiger partial charge in [0.05, 0.1) is 4.90 Å². The fourth-order valence-electron chi connectivity index (χ4n) is 2.69. The van der Waals surface area contributed by atoms with Crippen LogP contribution in [0, 0.1) is 18.8 Å². The van der Waals surface area contributed by atoms with E-state index in [0.717, 1.165) is 22.6 Å². The Morgan fingerprint density at radius 2 is 2.11 bits per heavy atom. The number of hydrogen-bond donors (Lipinski definition) is 2. The maximum absolute atomic E-state index is 12.4. The summed E-state index contributed by atoms with van der Waals surface area (Å²) in [7, 11) is -3.42. The van der Waals surface area contributed by atoms with E-state index in [9.17, 15) is 8.42 Å². The monoisotopic (exact) mass is 302 g/mol. The zero-order valence-electron chi connectivity index (χ0n) is 11.6. The van der Waals surface area contributed by atoms with Crippen molar-refractivity contribution in [1.29, 1.82) is 0 Å². The van der Waals surface area contributed by atoms with Gasteiger partial charge in [-0.1, -0.05) is 13.8 Å². The Morgan fingerprint density at radius 3 is 2.58 bits per heavy atom. The number of sulfonamides is 1. The van der Waals surface area contributed by atoms with Crippen molar-refractivity contribution < 1.29 is 8.42 Å². The number of aryl methyl sites for hydroxylation is 1. The van der Waals surface area contributed by atoms with Crippen molar-refractivity contribution in [3.63, 3.8) is 0 Å². The molecule has 0 radical (unpaired) electrons. The van der Waals surface area contributed by atoms with E-state index in [0.29, 0.717) is 23.3 Å². The Kier molecular flexibility index (Phi) is 4.35. The van der Waals surface area contributed by atoms with Crippen molar-refractivity contribution in [1.82, 2.24) is 4.72 Å². The van der Waals surface area contributed by atoms with Crippen LogP contribution in [-0.2, 0) is 16.6 Å². The molecule has 1 aromatic rings. The van der Waals surface area contributed by atoms with E-state index in [1.54, 1.807) is 6.07 Å². The van der Waals surface area contributed by atoms with Gasteiger partial charge in [0, 0.05) is 22.3 Å². The molecule has 2 rings (SSSR count). The summed E-state index contributed by atoms with van der Waals surface area (Å²) in [6.45, 7) is 6.52. The predicted octanol–water partition coefficient (Wildman–Crippen LogP) is 2.23. The van der Waals surface area contributed by atoms with Gasteiger partial charge >= 0.3 is 0 Å². The zero-order valence-corrected chi connectivity index (χ0v) is 13.3. The average molecular weight is 302 g/mol. The molecule has 0 spiro atoms. The summed E-state index contributed by atoms with van der Waals surface area (Å²) < 4.78 is 27.8. The molecular weight excluding hydrogens is 280 g/mol. The first-order valence-electron chi connectivity index (χ1n) is 6.67. The molecule has 0 bridgehead atoms. The van der Waals surface area contributed by atoms with Crippen LogP contribution in [0.25, 0.3) is 0 Å². The molecule has 0 saturated heterocycles. The number of nitrogens with one attached hydrogen (secondary N) is 1. The maximum atomic E-state index is 12.4. The van der Waals surface area contributed by atoms with Gasteiger partial charge in [-0.3, -0.25) is 0 Å². The van der Waals surface area contributed by atoms with E-state index >= 15 is 0 Å². The number of hydrogen-bond acceptors (Lipinski definition) is 4. The van der Waals surface area contributed by atoms with Crippen molar-refractivity contribution in [3.8, 4) is 0 Å². The molecule has 1 saturated carbocycles. The molecule has 3 unspecified atom stereocenters. The lowest BCUT2D eigenvalue weighted by molar-refractivity contribution is 0.402. The van der Waals surface area contributed by atoms with Gasteiger partial charge < -0.3 is 5.73 Å². The summed E-state index contributed by atoms with van der Waals surface area (Å²) in [5.41, 5.74) is 5.57. The number of rotatable bonds is 4. The van der Waals surface area contributed by atoms with Crippen LogP contribution in [0.15, 0.2) is 11.0 Å². The lowest BCUT2D eigenvalue weighted by Crippen LogP contribution is -2.37. The molecular formula is C13H22N2O2S2. The topological polar surface area (TPSA) is 72.2 Å². The molecule has 0 amide bonds. The van der Waals surface area contributed by atoms with Crippen molar-refractivity contribution >= 4 is 21.4 Å². The zero-order chi connectivity index (χ0) is 14.2. The van der Waals surface area contributed by atoms with Crippen LogP contribution in [0.3, 0.4) is 0 Å². The molecule has 3 atom stereocenters. The van der Waals surface area contributed by atoms with E-state index in [1.165, 1.54) is 11.3 Å². The molecule has 1 aliphatic carbocycles. The van der Waals surface area contributed by atoms with E-state index in [-0.39, 0.29) is 6.04 Å². The van der Waals surface area contributed by atoms with Crippen LogP contribution in [0.5, 0.6) is 0 Å². The second kappa shape index (κ2) is 5.52. The van der Waals surface area contributed by atoms with Crippen molar-refractivity contribution in [2.75, 3.05) is 0 Å². The number of thiophene rings is 1. The Labute approximate surface area is 119 Å². The Bertz CT molecular complexity index is 551. The third-order valence-corrected chi connectivity index (χ3v) is 7.00. The van der Waals surface area contributed by atoms with Crippen LogP contribution < -0.4 is 10.5 Å². The molecule has 0 aromatic carbocycles. The van der Waals surface area contributed by atoms with Gasteiger partial charge in [-0.05, 0) is 37.7 Å². The summed E-state index contributed by atoms with van der Waals surface area (Å²) in [6.07, 6.45) is 2.01. The van der Waals surface area contributed by atoms with Gasteiger partial charge in [-0.2, -0.15) is 0 Å². The highest BCUT2D eigenvalue weighted by Crippen LogP contribution is 2.33. The van der Waals surface area contributed by atoms with Gasteiger partial charge in [0.2, 0.25) is 10.0 Å². The van der Waals surface area contributed by atoms with Gasteiger partial charge in [-0.25, -0.2) is 13.1 Å². The molecule has 19 heavy (non-hydrogen) atoms. The SMILES string of the molecule is Cc1sc(CN)cc1S(=O)(=O)NC1CCC(C)C1C. The van der Waals surface area contributed by atoms with Crippen LogP contribution in [0.2, 0.25) is 0 Å². The molecule has 1 aromatic heterocycles. The van der Waals surface area contributed by atoms with Crippen LogP contribution >= 0.6 is 11.3 Å². The highest BCUT2D eigenvalue weighted by molar-refractivity contribution is 7.89. The average Bonchev–Trinajstić information content (AvgIpc) is 2.87. The third kappa shape index (κ3) is 3.02. The highest BCUT2D eigenvalue weighted by atomic mass is 32.2. The van der Waals surface area contributed by atoms with Crippen molar-refractivity contribution in [2.24, 2.45) is 17.6 Å². The molecule has 1 aliphatic rings. The molecule has 6 heteroatoms. The standard InChI is InChI=1S/C13H22N2O2S2/c1-8-4-5-12(9(8)2)15-19(16,17)13-6-11(7-14)18-10(13)3/h6,8-9,12,15H,4-5,7,14H2,1-3H3. The quantitative estimate of drug-likeness (QED) is 0.896. The fraction of sp³-hybridized carbons (Fsp3) is 0.692. The van der Waals surface area contributed by atoms with Crippen LogP contribution in [0.4, 0.5) is 0 Å². The molecule has 1 heterocycles. The molecule has 0 aliphatic heterocycles. The smallest absolute Gasteiger partial charge is 0.241 e. The third-order valence-electron chi connectivity index (χ3n) is 4.19. The van der Waals surface area contributed by atoms with E-state index < -0.39 is 10.0 Å². The van der Waals surface area contributed by atoms with Crippen molar-refractivity contribution in [2.45, 2.75) is 51.1 Å². The van der Waals surface area contributed by atoms with E-state index in [1.807, 2.05) is 6.92 Å². The van der Waals surface area contributed by atoms with Crippen LogP contribution in [-0.4, -0.2) is 14.5 Å². The lowest BCUT2D eigenvalue weighted by Gasteiger charge is -2.19. The summed E-state index contributed by atoms with van der Waals surface area (Å²) in [5, 5.41) is 0. The Morgan fingerprint density at radius 1 is 1.42 bits per heavy atom. The van der Waals surface area contributed by atoms with E-state index in [4.69, 9.17) is 5.73 Å². The summed E-state index contributed by atoms with van der Waals surface area (Å²) in [6, 6.07) is 1.76. The van der Waals surface area contributed by atoms with Crippen molar-refractivity contribution in [3.05, 3.63) is 15.8 Å². The first kappa shape index (κ1) is 15.0. The predicted molar refractivity (Wildman–Crippen MR) is 78.6 cm³/mol. The fourth-order valence-corrected chi connectivity index (χ4v) is 5.56. The first-order valence-corrected chi connectivity index (χ1v) is 8.97. The van der Waals surface area contributed by atoms with Gasteiger partial charge in [-0.15, -0.1) is 11.3 Å².